The molecule has 18 heavy (non-hydrogen) atoms. The van der Waals surface area contributed by atoms with Gasteiger partial charge in [0.1, 0.15) is 0 Å². The highest BCUT2D eigenvalue weighted by molar-refractivity contribution is 4.90. The van der Waals surface area contributed by atoms with Crippen molar-refractivity contribution in [1.29, 1.82) is 0 Å². The molecule has 0 saturated heterocycles. The average molecular weight is 260 g/mol. The second kappa shape index (κ2) is 5.23. The molecule has 1 fully saturated rings. The van der Waals surface area contributed by atoms with Gasteiger partial charge in [0.2, 0.25) is 5.92 Å². The van der Waals surface area contributed by atoms with Crippen molar-refractivity contribution in [1.82, 2.24) is 25.6 Å². The molecule has 1 aliphatic carbocycles. The molecular formula is C10H18F2N6. The number of nitrogens with one attached hydrogen (secondary N) is 1. The van der Waals surface area contributed by atoms with Gasteiger partial charge in [-0.2, -0.15) is 4.80 Å². The molecule has 1 saturated carbocycles. The van der Waals surface area contributed by atoms with E-state index in [9.17, 15) is 8.78 Å². The summed E-state index contributed by atoms with van der Waals surface area (Å²) in [6, 6.07) is -0.0784. The number of hydrazine groups is 1. The van der Waals surface area contributed by atoms with E-state index in [0.29, 0.717) is 25.1 Å². The van der Waals surface area contributed by atoms with Crippen molar-refractivity contribution in [2.24, 2.45) is 18.8 Å². The van der Waals surface area contributed by atoms with Crippen LogP contribution in [0.15, 0.2) is 0 Å². The lowest BCUT2D eigenvalue weighted by Crippen LogP contribution is -2.45. The fourth-order valence-electron chi connectivity index (χ4n) is 2.43. The van der Waals surface area contributed by atoms with Crippen molar-refractivity contribution in [3.8, 4) is 0 Å². The van der Waals surface area contributed by atoms with Gasteiger partial charge in [0.15, 0.2) is 5.82 Å². The Morgan fingerprint density at radius 2 is 2.17 bits per heavy atom. The molecule has 0 aliphatic heterocycles. The van der Waals surface area contributed by atoms with Gasteiger partial charge in [-0.15, -0.1) is 10.2 Å². The zero-order valence-corrected chi connectivity index (χ0v) is 10.3. The van der Waals surface area contributed by atoms with E-state index in [1.165, 1.54) is 4.80 Å². The maximum Gasteiger partial charge on any atom is 0.248 e. The molecule has 0 amide bonds. The molecule has 102 valence electrons. The van der Waals surface area contributed by atoms with Gasteiger partial charge in [0, 0.05) is 25.3 Å². The summed E-state index contributed by atoms with van der Waals surface area (Å²) in [7, 11) is 1.68. The molecule has 0 spiro atoms. The normalized spacial score (nSPS) is 22.0. The van der Waals surface area contributed by atoms with Crippen LogP contribution in [0.2, 0.25) is 0 Å². The summed E-state index contributed by atoms with van der Waals surface area (Å²) in [6.07, 6.45) is 1.33. The summed E-state index contributed by atoms with van der Waals surface area (Å²) in [6.45, 7) is 0. The van der Waals surface area contributed by atoms with Crippen molar-refractivity contribution in [3.05, 3.63) is 5.82 Å². The zero-order chi connectivity index (χ0) is 13.2. The maximum atomic E-state index is 13.1. The Bertz CT molecular complexity index is 383. The van der Waals surface area contributed by atoms with Crippen LogP contribution in [0.1, 0.15) is 31.5 Å². The minimum absolute atomic E-state index is 0.0657. The van der Waals surface area contributed by atoms with E-state index in [0.717, 1.165) is 0 Å². The molecule has 0 bridgehead atoms. The lowest BCUT2D eigenvalue weighted by molar-refractivity contribution is -0.0496. The van der Waals surface area contributed by atoms with E-state index in [1.54, 1.807) is 7.05 Å². The van der Waals surface area contributed by atoms with Crippen LogP contribution in [-0.4, -0.2) is 32.2 Å². The highest BCUT2D eigenvalue weighted by Crippen LogP contribution is 2.37. The summed E-state index contributed by atoms with van der Waals surface area (Å²) in [5.41, 5.74) is 2.69. The number of nitrogens with two attached hydrogens (primary N) is 1. The largest absolute Gasteiger partial charge is 0.271 e. The third-order valence-corrected chi connectivity index (χ3v) is 3.50. The number of rotatable bonds is 4. The molecule has 1 aliphatic rings. The standard InChI is InChI=1S/C10H18F2N6/c1-18-16-9(15-17-18)6-8(14-13)7-2-4-10(11,12)5-3-7/h7-8,14H,2-6,13H2,1H3. The maximum absolute atomic E-state index is 13.1. The third-order valence-electron chi connectivity index (χ3n) is 3.50. The second-order valence-corrected chi connectivity index (χ2v) is 4.87. The number of hydrogen-bond acceptors (Lipinski definition) is 5. The number of hydrogen-bond donors (Lipinski definition) is 2. The van der Waals surface area contributed by atoms with Crippen molar-refractivity contribution < 1.29 is 8.78 Å². The predicted octanol–water partition coefficient (Wildman–Crippen LogP) is 0.410. The zero-order valence-electron chi connectivity index (χ0n) is 10.3. The van der Waals surface area contributed by atoms with Gasteiger partial charge < -0.3 is 0 Å². The number of aryl methyl sites for hydroxylation is 1. The fourth-order valence-corrected chi connectivity index (χ4v) is 2.43. The first-order valence-corrected chi connectivity index (χ1v) is 6.07. The van der Waals surface area contributed by atoms with Crippen LogP contribution in [0.5, 0.6) is 0 Å². The van der Waals surface area contributed by atoms with E-state index in [-0.39, 0.29) is 24.8 Å². The Kier molecular flexibility index (Phi) is 3.86. The van der Waals surface area contributed by atoms with E-state index in [1.807, 2.05) is 0 Å². The monoisotopic (exact) mass is 260 g/mol. The Hall–Kier alpha value is -1.15. The van der Waals surface area contributed by atoms with E-state index in [2.05, 4.69) is 20.8 Å². The first kappa shape index (κ1) is 13.3. The number of aromatic nitrogens is 4. The van der Waals surface area contributed by atoms with Crippen LogP contribution in [0.4, 0.5) is 8.78 Å². The summed E-state index contributed by atoms with van der Waals surface area (Å²) >= 11 is 0. The number of alkyl halides is 2. The minimum Gasteiger partial charge on any atom is -0.271 e. The van der Waals surface area contributed by atoms with E-state index in [4.69, 9.17) is 5.84 Å². The van der Waals surface area contributed by atoms with Gasteiger partial charge in [-0.25, -0.2) is 8.78 Å². The molecule has 1 unspecified atom stereocenters. The molecule has 1 aromatic rings. The van der Waals surface area contributed by atoms with E-state index >= 15 is 0 Å². The first-order valence-electron chi connectivity index (χ1n) is 6.07. The molecule has 8 heteroatoms. The van der Waals surface area contributed by atoms with Crippen molar-refractivity contribution in [2.75, 3.05) is 0 Å². The lowest BCUT2D eigenvalue weighted by Gasteiger charge is -2.32. The van der Waals surface area contributed by atoms with Gasteiger partial charge in [0.05, 0.1) is 7.05 Å². The smallest absolute Gasteiger partial charge is 0.248 e. The topological polar surface area (TPSA) is 81.7 Å². The van der Waals surface area contributed by atoms with Crippen LogP contribution >= 0.6 is 0 Å². The molecule has 1 atom stereocenters. The van der Waals surface area contributed by atoms with Crippen LogP contribution in [0.3, 0.4) is 0 Å². The van der Waals surface area contributed by atoms with Crippen LogP contribution in [0.25, 0.3) is 0 Å². The molecule has 0 radical (unpaired) electrons. The van der Waals surface area contributed by atoms with Crippen LogP contribution in [0, 0.1) is 5.92 Å². The Morgan fingerprint density at radius 1 is 1.50 bits per heavy atom. The van der Waals surface area contributed by atoms with Gasteiger partial charge >= 0.3 is 0 Å². The molecule has 2 rings (SSSR count). The third kappa shape index (κ3) is 3.20. The number of halogens is 2. The highest BCUT2D eigenvalue weighted by Gasteiger charge is 2.37. The van der Waals surface area contributed by atoms with Gasteiger partial charge in [-0.1, -0.05) is 0 Å². The average Bonchev–Trinajstić information content (AvgIpc) is 2.72. The van der Waals surface area contributed by atoms with E-state index < -0.39 is 5.92 Å². The summed E-state index contributed by atoms with van der Waals surface area (Å²) in [5.74, 6) is 3.71. The number of tetrazole rings is 1. The SMILES string of the molecule is Cn1nnc(CC(NN)C2CCC(F)(F)CC2)n1. The first-order chi connectivity index (χ1) is 8.50. The Morgan fingerprint density at radius 3 is 2.67 bits per heavy atom. The Balaban J connectivity index is 1.93. The molecule has 1 aromatic heterocycles. The molecule has 0 aromatic carbocycles. The minimum atomic E-state index is -2.51. The Labute approximate surface area is 104 Å². The molecule has 1 heterocycles. The van der Waals surface area contributed by atoms with Crippen LogP contribution in [-0.2, 0) is 13.5 Å². The van der Waals surface area contributed by atoms with Gasteiger partial charge in [-0.3, -0.25) is 11.3 Å². The van der Waals surface area contributed by atoms with Crippen molar-refractivity contribution in [2.45, 2.75) is 44.1 Å². The highest BCUT2D eigenvalue weighted by atomic mass is 19.3. The molecule has 6 nitrogen and oxygen atoms in total. The fraction of sp³-hybridized carbons (Fsp3) is 0.900. The number of nitrogens with zero attached hydrogens (tertiary/aromatic N) is 4. The lowest BCUT2D eigenvalue weighted by atomic mass is 9.81. The quantitative estimate of drug-likeness (QED) is 0.605. The van der Waals surface area contributed by atoms with Crippen LogP contribution < -0.4 is 11.3 Å². The summed E-state index contributed by atoms with van der Waals surface area (Å²) in [5, 5.41) is 11.7. The summed E-state index contributed by atoms with van der Waals surface area (Å²) in [4.78, 5) is 1.37. The van der Waals surface area contributed by atoms with Crippen molar-refractivity contribution >= 4 is 0 Å². The van der Waals surface area contributed by atoms with Gasteiger partial charge in [-0.05, 0) is 24.0 Å². The molecule has 3 N–H and O–H groups in total. The summed E-state index contributed by atoms with van der Waals surface area (Å²) < 4.78 is 26.2. The molecular weight excluding hydrogens is 242 g/mol. The van der Waals surface area contributed by atoms with Crippen molar-refractivity contribution in [3.63, 3.8) is 0 Å². The second-order valence-electron chi connectivity index (χ2n) is 4.87. The predicted molar refractivity (Wildman–Crippen MR) is 60.5 cm³/mol. The van der Waals surface area contributed by atoms with Gasteiger partial charge in [0.25, 0.3) is 0 Å².